The highest BCUT2D eigenvalue weighted by Gasteiger charge is 2.39. The van der Waals surface area contributed by atoms with E-state index in [0.717, 1.165) is 0 Å². The molecule has 1 atom stereocenters. The first-order valence-electron chi connectivity index (χ1n) is 7.73. The summed E-state index contributed by atoms with van der Waals surface area (Å²) in [6.07, 6.45) is 9.06. The number of ether oxygens (including phenoxy) is 1. The number of carbonyl (C=O) groups is 2. The molecule has 0 radical (unpaired) electrons. The zero-order valence-corrected chi connectivity index (χ0v) is 13.6. The van der Waals surface area contributed by atoms with E-state index >= 15 is 0 Å². The number of rotatable bonds is 9. The van der Waals surface area contributed by atoms with Gasteiger partial charge in [-0.1, -0.05) is 6.07 Å². The SMILES string of the molecule is C#CCCC1(CCC(=O)NC(Cc2ccccn2)C(=O)OC)N=N1. The monoisotopic (exact) mass is 328 g/mol. The molecule has 24 heavy (non-hydrogen) atoms. The standard InChI is InChI=1S/C17H20N4O3/c1-3-4-9-17(20-21-17)10-8-15(22)19-14(16(23)24-2)12-13-7-5-6-11-18-13/h1,5-7,11,14H,4,8-10,12H2,2H3,(H,19,22). The van der Waals surface area contributed by atoms with E-state index in [1.807, 2.05) is 6.07 Å². The van der Waals surface area contributed by atoms with Gasteiger partial charge in [-0.3, -0.25) is 9.78 Å². The third kappa shape index (κ3) is 5.16. The van der Waals surface area contributed by atoms with Crippen LogP contribution in [0.25, 0.3) is 0 Å². The Hall–Kier alpha value is -2.75. The third-order valence-corrected chi connectivity index (χ3v) is 3.77. The molecule has 1 aliphatic heterocycles. The topological polar surface area (TPSA) is 93.0 Å². The van der Waals surface area contributed by atoms with E-state index < -0.39 is 17.7 Å². The maximum Gasteiger partial charge on any atom is 0.328 e. The molecule has 0 saturated carbocycles. The molecule has 2 rings (SSSR count). The number of hydrogen-bond donors (Lipinski definition) is 1. The van der Waals surface area contributed by atoms with Crippen LogP contribution in [0.3, 0.4) is 0 Å². The van der Waals surface area contributed by atoms with Crippen LogP contribution in [0.4, 0.5) is 0 Å². The fraction of sp³-hybridized carbons (Fsp3) is 0.471. The number of esters is 1. The number of nitrogens with zero attached hydrogens (tertiary/aromatic N) is 3. The van der Waals surface area contributed by atoms with Gasteiger partial charge < -0.3 is 10.1 Å². The first-order valence-corrected chi connectivity index (χ1v) is 7.73. The summed E-state index contributed by atoms with van der Waals surface area (Å²) >= 11 is 0. The van der Waals surface area contributed by atoms with Gasteiger partial charge in [0.1, 0.15) is 6.04 Å². The Balaban J connectivity index is 1.86. The minimum Gasteiger partial charge on any atom is -0.467 e. The van der Waals surface area contributed by atoms with E-state index in [1.54, 1.807) is 18.3 Å². The molecule has 0 fully saturated rings. The average Bonchev–Trinajstić information content (AvgIpc) is 3.38. The van der Waals surface area contributed by atoms with E-state index in [0.29, 0.717) is 25.0 Å². The van der Waals surface area contributed by atoms with Crippen LogP contribution in [0.15, 0.2) is 34.6 Å². The summed E-state index contributed by atoms with van der Waals surface area (Å²) in [6, 6.07) is 4.63. The van der Waals surface area contributed by atoms with Crippen LogP contribution in [-0.4, -0.2) is 35.7 Å². The Morgan fingerprint density at radius 3 is 2.75 bits per heavy atom. The van der Waals surface area contributed by atoms with Crippen molar-refractivity contribution in [1.82, 2.24) is 10.3 Å². The normalized spacial score (nSPS) is 15.2. The molecule has 0 spiro atoms. The predicted molar refractivity (Wildman–Crippen MR) is 86.8 cm³/mol. The number of pyridine rings is 1. The molecule has 1 amide bonds. The lowest BCUT2D eigenvalue weighted by Crippen LogP contribution is -2.43. The van der Waals surface area contributed by atoms with Gasteiger partial charge in [0.05, 0.1) is 7.11 Å². The summed E-state index contributed by atoms with van der Waals surface area (Å²) in [6.45, 7) is 0. The van der Waals surface area contributed by atoms with Crippen molar-refractivity contribution in [1.29, 1.82) is 0 Å². The summed E-state index contributed by atoms with van der Waals surface area (Å²) in [5.41, 5.74) is 0.191. The molecule has 7 nitrogen and oxygen atoms in total. The van der Waals surface area contributed by atoms with Gasteiger partial charge in [-0.05, 0) is 12.1 Å². The molecule has 1 N–H and O–H groups in total. The number of carbonyl (C=O) groups excluding carboxylic acids is 2. The van der Waals surface area contributed by atoms with Gasteiger partial charge in [0.2, 0.25) is 5.91 Å². The van der Waals surface area contributed by atoms with Gasteiger partial charge in [-0.15, -0.1) is 12.3 Å². The van der Waals surface area contributed by atoms with Crippen molar-refractivity contribution in [2.75, 3.05) is 7.11 Å². The molecule has 0 saturated heterocycles. The molecule has 0 aromatic carbocycles. The molecule has 1 aromatic rings. The van der Waals surface area contributed by atoms with Crippen molar-refractivity contribution < 1.29 is 14.3 Å². The number of nitrogens with one attached hydrogen (secondary N) is 1. The van der Waals surface area contributed by atoms with Crippen LogP contribution in [-0.2, 0) is 20.7 Å². The highest BCUT2D eigenvalue weighted by atomic mass is 16.5. The van der Waals surface area contributed by atoms with Gasteiger partial charge >= 0.3 is 5.97 Å². The maximum atomic E-state index is 12.1. The van der Waals surface area contributed by atoms with Crippen molar-refractivity contribution in [3.63, 3.8) is 0 Å². The maximum absolute atomic E-state index is 12.1. The van der Waals surface area contributed by atoms with Gasteiger partial charge in [0.15, 0.2) is 5.66 Å². The smallest absolute Gasteiger partial charge is 0.328 e. The zero-order valence-electron chi connectivity index (χ0n) is 13.6. The fourth-order valence-electron chi connectivity index (χ4n) is 2.31. The van der Waals surface area contributed by atoms with Crippen molar-refractivity contribution in [2.45, 2.75) is 43.8 Å². The summed E-state index contributed by atoms with van der Waals surface area (Å²) in [5.74, 6) is 1.79. The summed E-state index contributed by atoms with van der Waals surface area (Å²) < 4.78 is 4.76. The van der Waals surface area contributed by atoms with E-state index in [1.165, 1.54) is 7.11 Å². The van der Waals surface area contributed by atoms with Crippen LogP contribution in [0.5, 0.6) is 0 Å². The average molecular weight is 328 g/mol. The zero-order chi connectivity index (χ0) is 17.4. The molecule has 7 heteroatoms. The Kier molecular flexibility index (Phi) is 6.01. The highest BCUT2D eigenvalue weighted by molar-refractivity contribution is 5.84. The molecular weight excluding hydrogens is 308 g/mol. The molecule has 2 heterocycles. The summed E-state index contributed by atoms with van der Waals surface area (Å²) in [5, 5.41) is 10.7. The minimum atomic E-state index is -0.771. The Bertz CT molecular complexity index is 646. The van der Waals surface area contributed by atoms with Crippen LogP contribution >= 0.6 is 0 Å². The lowest BCUT2D eigenvalue weighted by atomic mass is 10.0. The molecule has 1 unspecified atom stereocenters. The fourth-order valence-corrected chi connectivity index (χ4v) is 2.31. The second-order valence-electron chi connectivity index (χ2n) is 5.56. The molecule has 0 aliphatic carbocycles. The van der Waals surface area contributed by atoms with Gasteiger partial charge in [-0.25, -0.2) is 4.79 Å². The lowest BCUT2D eigenvalue weighted by molar-refractivity contribution is -0.145. The van der Waals surface area contributed by atoms with Crippen LogP contribution < -0.4 is 5.32 Å². The first kappa shape index (κ1) is 17.6. The quantitative estimate of drug-likeness (QED) is 0.551. The predicted octanol–water partition coefficient (Wildman–Crippen LogP) is 1.64. The van der Waals surface area contributed by atoms with Gasteiger partial charge in [0, 0.05) is 44.0 Å². The number of terminal acetylenes is 1. The number of methoxy groups -OCH3 is 1. The van der Waals surface area contributed by atoms with Gasteiger partial charge in [0.25, 0.3) is 0 Å². The second-order valence-corrected chi connectivity index (χ2v) is 5.56. The molecule has 1 aromatic heterocycles. The highest BCUT2D eigenvalue weighted by Crippen LogP contribution is 2.37. The van der Waals surface area contributed by atoms with Crippen molar-refractivity contribution >= 4 is 11.9 Å². The van der Waals surface area contributed by atoms with Crippen molar-refractivity contribution in [2.24, 2.45) is 10.2 Å². The van der Waals surface area contributed by atoms with Crippen LogP contribution in [0, 0.1) is 12.3 Å². The van der Waals surface area contributed by atoms with E-state index in [2.05, 4.69) is 26.4 Å². The lowest BCUT2D eigenvalue weighted by Gasteiger charge is -2.17. The molecule has 126 valence electrons. The second kappa shape index (κ2) is 8.20. The molecule has 0 bridgehead atoms. The Labute approximate surface area is 140 Å². The van der Waals surface area contributed by atoms with Crippen LogP contribution in [0.1, 0.15) is 31.4 Å². The van der Waals surface area contributed by atoms with E-state index in [9.17, 15) is 9.59 Å². The Morgan fingerprint density at radius 2 is 2.17 bits per heavy atom. The van der Waals surface area contributed by atoms with Gasteiger partial charge in [-0.2, -0.15) is 10.2 Å². The largest absolute Gasteiger partial charge is 0.467 e. The summed E-state index contributed by atoms with van der Waals surface area (Å²) in [7, 11) is 1.29. The van der Waals surface area contributed by atoms with Crippen molar-refractivity contribution in [3.05, 3.63) is 30.1 Å². The molecular formula is C17H20N4O3. The number of aromatic nitrogens is 1. The summed E-state index contributed by atoms with van der Waals surface area (Å²) in [4.78, 5) is 28.2. The third-order valence-electron chi connectivity index (χ3n) is 3.77. The van der Waals surface area contributed by atoms with E-state index in [4.69, 9.17) is 11.2 Å². The number of amides is 1. The number of hydrogen-bond acceptors (Lipinski definition) is 6. The van der Waals surface area contributed by atoms with Crippen LogP contribution in [0.2, 0.25) is 0 Å². The minimum absolute atomic E-state index is 0.216. The molecule has 1 aliphatic rings. The van der Waals surface area contributed by atoms with E-state index in [-0.39, 0.29) is 18.7 Å². The Morgan fingerprint density at radius 1 is 1.38 bits per heavy atom. The van der Waals surface area contributed by atoms with Crippen molar-refractivity contribution in [3.8, 4) is 12.3 Å². The first-order chi connectivity index (χ1) is 11.6.